The summed E-state index contributed by atoms with van der Waals surface area (Å²) in [5.41, 5.74) is 3.68. The second-order valence-corrected chi connectivity index (χ2v) is 7.48. The molecule has 5 heteroatoms. The molecule has 0 atom stereocenters. The molecule has 2 aliphatic rings. The maximum atomic E-state index is 12.7. The van der Waals surface area contributed by atoms with Crippen LogP contribution in [-0.4, -0.2) is 47.2 Å². The molecule has 0 radical (unpaired) electrons. The lowest BCUT2D eigenvalue weighted by molar-refractivity contribution is -0.153. The van der Waals surface area contributed by atoms with E-state index in [4.69, 9.17) is 4.74 Å². The van der Waals surface area contributed by atoms with Crippen molar-refractivity contribution in [2.75, 3.05) is 26.3 Å². The van der Waals surface area contributed by atoms with Gasteiger partial charge in [0, 0.05) is 36.2 Å². The number of aryl methyl sites for hydroxylation is 1. The van der Waals surface area contributed by atoms with E-state index < -0.39 is 0 Å². The van der Waals surface area contributed by atoms with E-state index in [1.165, 1.54) is 0 Å². The number of carbonyl (C=O) groups excluding carboxylic acids is 1. The maximum absolute atomic E-state index is 12.7. The first-order valence-corrected chi connectivity index (χ1v) is 8.95. The van der Waals surface area contributed by atoms with Crippen LogP contribution in [0.4, 0.5) is 0 Å². The normalized spacial score (nSPS) is 19.2. The molecule has 25 heavy (non-hydrogen) atoms. The zero-order valence-corrected chi connectivity index (χ0v) is 14.6. The molecule has 1 aromatic carbocycles. The third-order valence-corrected chi connectivity index (χ3v) is 5.46. The van der Waals surface area contributed by atoms with Crippen molar-refractivity contribution in [3.05, 3.63) is 41.1 Å². The minimum Gasteiger partial charge on any atom is -0.392 e. The Balaban J connectivity index is 1.53. The number of fused-ring (bicyclic) bond motifs is 1. The van der Waals surface area contributed by atoms with Gasteiger partial charge in [-0.3, -0.25) is 9.78 Å². The first kappa shape index (κ1) is 16.5. The lowest BCUT2D eigenvalue weighted by Gasteiger charge is -2.51. The van der Waals surface area contributed by atoms with Crippen LogP contribution in [0.25, 0.3) is 10.9 Å². The van der Waals surface area contributed by atoms with Gasteiger partial charge in [0.2, 0.25) is 5.91 Å². The molecule has 0 unspecified atom stereocenters. The standard InChI is InChI=1S/C20H24N2O3/c1-14-8-16(10-23)17-5-2-4-15(19(17)21-14)9-18(24)22-11-20(12-22)6-3-7-25-13-20/h2,4-5,8,23H,3,6-7,9-13H2,1H3. The largest absolute Gasteiger partial charge is 0.392 e. The highest BCUT2D eigenvalue weighted by Crippen LogP contribution is 2.38. The molecule has 0 bridgehead atoms. The molecular formula is C20H24N2O3. The van der Waals surface area contributed by atoms with E-state index in [-0.39, 0.29) is 17.9 Å². The van der Waals surface area contributed by atoms with Crippen molar-refractivity contribution in [2.24, 2.45) is 5.41 Å². The Kier molecular flexibility index (Phi) is 4.21. The summed E-state index contributed by atoms with van der Waals surface area (Å²) in [5.74, 6) is 0.151. The number of ether oxygens (including phenoxy) is 1. The summed E-state index contributed by atoms with van der Waals surface area (Å²) in [6, 6.07) is 7.76. The predicted molar refractivity (Wildman–Crippen MR) is 95.2 cm³/mol. The van der Waals surface area contributed by atoms with Gasteiger partial charge < -0.3 is 14.7 Å². The van der Waals surface area contributed by atoms with Crippen LogP contribution in [0.1, 0.15) is 29.7 Å². The Hall–Kier alpha value is -1.98. The Labute approximate surface area is 147 Å². The van der Waals surface area contributed by atoms with Crippen LogP contribution < -0.4 is 0 Å². The highest BCUT2D eigenvalue weighted by atomic mass is 16.5. The summed E-state index contributed by atoms with van der Waals surface area (Å²) in [6.07, 6.45) is 2.61. The van der Waals surface area contributed by atoms with E-state index in [2.05, 4.69) is 4.98 Å². The van der Waals surface area contributed by atoms with Gasteiger partial charge in [-0.15, -0.1) is 0 Å². The van der Waals surface area contributed by atoms with E-state index >= 15 is 0 Å². The van der Waals surface area contributed by atoms with Gasteiger partial charge in [-0.2, -0.15) is 0 Å². The van der Waals surface area contributed by atoms with Crippen LogP contribution >= 0.6 is 0 Å². The van der Waals surface area contributed by atoms with Crippen LogP contribution in [-0.2, 0) is 22.6 Å². The summed E-state index contributed by atoms with van der Waals surface area (Å²) in [5, 5.41) is 10.5. The molecule has 3 heterocycles. The van der Waals surface area contributed by atoms with Crippen LogP contribution in [0.3, 0.4) is 0 Å². The summed E-state index contributed by atoms with van der Waals surface area (Å²) in [7, 11) is 0. The van der Waals surface area contributed by atoms with E-state index in [0.717, 1.165) is 66.9 Å². The molecule has 0 saturated carbocycles. The molecule has 2 saturated heterocycles. The van der Waals surface area contributed by atoms with E-state index in [9.17, 15) is 9.90 Å². The SMILES string of the molecule is Cc1cc(CO)c2cccc(CC(=O)N3CC4(CCCOC4)C3)c2n1. The Morgan fingerprint density at radius 2 is 2.20 bits per heavy atom. The highest BCUT2D eigenvalue weighted by Gasteiger charge is 2.46. The zero-order chi connectivity index (χ0) is 17.4. The number of pyridine rings is 1. The van der Waals surface area contributed by atoms with Crippen LogP contribution in [0.15, 0.2) is 24.3 Å². The third-order valence-electron chi connectivity index (χ3n) is 5.46. The molecule has 2 fully saturated rings. The van der Waals surface area contributed by atoms with Crippen LogP contribution in [0.2, 0.25) is 0 Å². The lowest BCUT2D eigenvalue weighted by atomic mass is 9.75. The molecule has 4 rings (SSSR count). The van der Waals surface area contributed by atoms with Crippen molar-refractivity contribution >= 4 is 16.8 Å². The molecule has 1 amide bonds. The van der Waals surface area contributed by atoms with Crippen molar-refractivity contribution in [3.8, 4) is 0 Å². The average molecular weight is 340 g/mol. The molecule has 1 spiro atoms. The number of carbonyl (C=O) groups is 1. The highest BCUT2D eigenvalue weighted by molar-refractivity contribution is 5.90. The maximum Gasteiger partial charge on any atom is 0.227 e. The number of para-hydroxylation sites is 1. The number of hydrogen-bond donors (Lipinski definition) is 1. The third kappa shape index (κ3) is 3.02. The fraction of sp³-hybridized carbons (Fsp3) is 0.500. The van der Waals surface area contributed by atoms with Gasteiger partial charge in [0.25, 0.3) is 0 Å². The van der Waals surface area contributed by atoms with Gasteiger partial charge in [-0.05, 0) is 37.0 Å². The molecular weight excluding hydrogens is 316 g/mol. The number of aliphatic hydroxyl groups is 1. The molecule has 2 aromatic rings. The minimum atomic E-state index is -0.0219. The number of benzene rings is 1. The number of hydrogen-bond acceptors (Lipinski definition) is 4. The monoisotopic (exact) mass is 340 g/mol. The van der Waals surface area contributed by atoms with Gasteiger partial charge in [-0.1, -0.05) is 18.2 Å². The second-order valence-electron chi connectivity index (χ2n) is 7.48. The fourth-order valence-corrected chi connectivity index (χ4v) is 4.17. The summed E-state index contributed by atoms with van der Waals surface area (Å²) in [6.45, 7) is 5.15. The average Bonchev–Trinajstić information content (AvgIpc) is 2.60. The lowest BCUT2D eigenvalue weighted by Crippen LogP contribution is -2.61. The number of nitrogens with zero attached hydrogens (tertiary/aromatic N) is 2. The van der Waals surface area contributed by atoms with Gasteiger partial charge in [0.05, 0.1) is 25.2 Å². The van der Waals surface area contributed by atoms with Gasteiger partial charge in [0.15, 0.2) is 0 Å². The first-order valence-electron chi connectivity index (χ1n) is 8.95. The predicted octanol–water partition coefficient (Wildman–Crippen LogP) is 2.22. The van der Waals surface area contributed by atoms with Gasteiger partial charge >= 0.3 is 0 Å². The number of aliphatic hydroxyl groups excluding tert-OH is 1. The minimum absolute atomic E-state index is 0.0219. The van der Waals surface area contributed by atoms with Crippen molar-refractivity contribution in [1.29, 1.82) is 0 Å². The van der Waals surface area contributed by atoms with E-state index in [0.29, 0.717) is 6.42 Å². The smallest absolute Gasteiger partial charge is 0.227 e. The summed E-state index contributed by atoms with van der Waals surface area (Å²) < 4.78 is 5.60. The van der Waals surface area contributed by atoms with Crippen molar-refractivity contribution in [2.45, 2.75) is 32.8 Å². The van der Waals surface area contributed by atoms with Gasteiger partial charge in [-0.25, -0.2) is 0 Å². The van der Waals surface area contributed by atoms with Gasteiger partial charge in [0.1, 0.15) is 0 Å². The Bertz CT molecular complexity index is 804. The molecule has 132 valence electrons. The van der Waals surface area contributed by atoms with Crippen molar-refractivity contribution in [3.63, 3.8) is 0 Å². The molecule has 5 nitrogen and oxygen atoms in total. The quantitative estimate of drug-likeness (QED) is 0.931. The number of rotatable bonds is 3. The Morgan fingerprint density at radius 1 is 1.36 bits per heavy atom. The molecule has 2 aliphatic heterocycles. The van der Waals surface area contributed by atoms with Crippen molar-refractivity contribution < 1.29 is 14.6 Å². The Morgan fingerprint density at radius 3 is 2.92 bits per heavy atom. The molecule has 1 N–H and O–H groups in total. The fourth-order valence-electron chi connectivity index (χ4n) is 4.17. The summed E-state index contributed by atoms with van der Waals surface area (Å²) >= 11 is 0. The van der Waals surface area contributed by atoms with Crippen LogP contribution in [0, 0.1) is 12.3 Å². The van der Waals surface area contributed by atoms with E-state index in [1.807, 2.05) is 36.1 Å². The summed E-state index contributed by atoms with van der Waals surface area (Å²) in [4.78, 5) is 19.3. The zero-order valence-electron chi connectivity index (χ0n) is 14.6. The van der Waals surface area contributed by atoms with Crippen LogP contribution in [0.5, 0.6) is 0 Å². The van der Waals surface area contributed by atoms with E-state index in [1.54, 1.807) is 0 Å². The second kappa shape index (κ2) is 6.39. The number of amides is 1. The number of aromatic nitrogens is 1. The first-order chi connectivity index (χ1) is 12.1. The molecule has 1 aromatic heterocycles. The van der Waals surface area contributed by atoms with Crippen molar-refractivity contribution in [1.82, 2.24) is 9.88 Å². The topological polar surface area (TPSA) is 62.7 Å². The molecule has 0 aliphatic carbocycles. The number of likely N-dealkylation sites (tertiary alicyclic amines) is 1.